The molecule has 0 unspecified atom stereocenters. The number of amides is 2. The van der Waals surface area contributed by atoms with Crippen molar-refractivity contribution in [1.82, 2.24) is 0 Å². The molecular weight excluding hydrogens is 414 g/mol. The Labute approximate surface area is 183 Å². The standard InChI is InChI=1S/C25H20F2N2O3/c1-14-10-15(2)12-18(11-14)29-24(30)22(16-4-7-19(32-3)8-5-16)23(25(29)31)28-17-6-9-20(26)21(27)13-17/h4-13,28H,1-3H3. The van der Waals surface area contributed by atoms with Gasteiger partial charge in [0.15, 0.2) is 11.6 Å². The summed E-state index contributed by atoms with van der Waals surface area (Å²) < 4.78 is 32.3. The number of imide groups is 1. The minimum atomic E-state index is -1.07. The van der Waals surface area contributed by atoms with Crippen LogP contribution in [0.1, 0.15) is 16.7 Å². The predicted octanol–water partition coefficient (Wildman–Crippen LogP) is 4.99. The van der Waals surface area contributed by atoms with Gasteiger partial charge in [0.2, 0.25) is 0 Å². The molecule has 2 amide bonds. The maximum absolute atomic E-state index is 13.8. The van der Waals surface area contributed by atoms with E-state index >= 15 is 0 Å². The quantitative estimate of drug-likeness (QED) is 0.575. The summed E-state index contributed by atoms with van der Waals surface area (Å²) in [6, 6.07) is 15.3. The highest BCUT2D eigenvalue weighted by atomic mass is 19.2. The predicted molar refractivity (Wildman–Crippen MR) is 118 cm³/mol. The number of rotatable bonds is 5. The van der Waals surface area contributed by atoms with Gasteiger partial charge in [-0.25, -0.2) is 13.7 Å². The Bertz CT molecular complexity index is 1250. The fourth-order valence-electron chi connectivity index (χ4n) is 3.70. The van der Waals surface area contributed by atoms with Gasteiger partial charge in [-0.3, -0.25) is 9.59 Å². The monoisotopic (exact) mass is 434 g/mol. The van der Waals surface area contributed by atoms with E-state index in [2.05, 4.69) is 5.32 Å². The average Bonchev–Trinajstić information content (AvgIpc) is 2.99. The molecule has 0 bridgehead atoms. The molecule has 5 nitrogen and oxygen atoms in total. The van der Waals surface area contributed by atoms with E-state index in [0.29, 0.717) is 17.0 Å². The van der Waals surface area contributed by atoms with Gasteiger partial charge in [-0.1, -0.05) is 18.2 Å². The molecule has 0 saturated heterocycles. The first-order valence-corrected chi connectivity index (χ1v) is 9.86. The van der Waals surface area contributed by atoms with E-state index in [4.69, 9.17) is 4.74 Å². The molecule has 0 radical (unpaired) electrons. The van der Waals surface area contributed by atoms with Gasteiger partial charge in [0.25, 0.3) is 11.8 Å². The van der Waals surface area contributed by atoms with Crippen molar-refractivity contribution in [3.05, 3.63) is 94.7 Å². The average molecular weight is 434 g/mol. The second-order valence-corrected chi connectivity index (χ2v) is 7.52. The summed E-state index contributed by atoms with van der Waals surface area (Å²) in [6.45, 7) is 3.75. The van der Waals surface area contributed by atoms with Gasteiger partial charge in [0.05, 0.1) is 18.4 Å². The van der Waals surface area contributed by atoms with E-state index in [0.717, 1.165) is 28.2 Å². The summed E-state index contributed by atoms with van der Waals surface area (Å²) in [7, 11) is 1.52. The van der Waals surface area contributed by atoms with Gasteiger partial charge >= 0.3 is 0 Å². The zero-order chi connectivity index (χ0) is 23.0. The van der Waals surface area contributed by atoms with Crippen LogP contribution in [0.15, 0.2) is 66.4 Å². The fraction of sp³-hybridized carbons (Fsp3) is 0.120. The van der Waals surface area contributed by atoms with E-state index in [9.17, 15) is 18.4 Å². The Balaban J connectivity index is 1.83. The minimum absolute atomic E-state index is 0.0228. The Kier molecular flexibility index (Phi) is 5.48. The number of hydrogen-bond donors (Lipinski definition) is 1. The Hall–Kier alpha value is -4.00. The molecule has 162 valence electrons. The van der Waals surface area contributed by atoms with Crippen LogP contribution in [0.4, 0.5) is 20.2 Å². The Morgan fingerprint density at radius 3 is 2.06 bits per heavy atom. The molecule has 0 fully saturated rings. The number of aryl methyl sites for hydroxylation is 2. The molecule has 0 aromatic heterocycles. The van der Waals surface area contributed by atoms with Crippen molar-refractivity contribution in [1.29, 1.82) is 0 Å². The normalized spacial score (nSPS) is 13.7. The van der Waals surface area contributed by atoms with Crippen LogP contribution in [-0.2, 0) is 9.59 Å². The third kappa shape index (κ3) is 3.85. The SMILES string of the molecule is COc1ccc(C2=C(Nc3ccc(F)c(F)c3)C(=O)N(c3cc(C)cc(C)c3)C2=O)cc1. The van der Waals surface area contributed by atoms with Crippen molar-refractivity contribution in [3.8, 4) is 5.75 Å². The molecule has 1 N–H and O–H groups in total. The maximum atomic E-state index is 13.8. The third-order valence-electron chi connectivity index (χ3n) is 5.12. The summed E-state index contributed by atoms with van der Waals surface area (Å²) in [5, 5.41) is 2.82. The third-order valence-corrected chi connectivity index (χ3v) is 5.12. The zero-order valence-corrected chi connectivity index (χ0v) is 17.7. The lowest BCUT2D eigenvalue weighted by Gasteiger charge is -2.17. The molecule has 32 heavy (non-hydrogen) atoms. The van der Waals surface area contributed by atoms with Crippen molar-refractivity contribution >= 4 is 28.8 Å². The van der Waals surface area contributed by atoms with Crippen molar-refractivity contribution in [3.63, 3.8) is 0 Å². The summed E-state index contributed by atoms with van der Waals surface area (Å²) in [5.74, 6) is -2.59. The number of carbonyl (C=O) groups is 2. The highest BCUT2D eigenvalue weighted by Gasteiger charge is 2.40. The second kappa shape index (κ2) is 8.26. The molecule has 0 atom stereocenters. The van der Waals surface area contributed by atoms with Crippen molar-refractivity contribution in [2.75, 3.05) is 17.3 Å². The first kappa shape index (κ1) is 21.2. The lowest BCUT2D eigenvalue weighted by molar-refractivity contribution is -0.120. The second-order valence-electron chi connectivity index (χ2n) is 7.52. The number of hydrogen-bond acceptors (Lipinski definition) is 4. The first-order valence-electron chi connectivity index (χ1n) is 9.86. The molecule has 1 aliphatic heterocycles. The van der Waals surface area contributed by atoms with E-state index in [-0.39, 0.29) is 17.0 Å². The van der Waals surface area contributed by atoms with E-state index < -0.39 is 23.4 Å². The molecule has 3 aromatic carbocycles. The lowest BCUT2D eigenvalue weighted by atomic mass is 10.0. The number of halogens is 2. The molecule has 0 saturated carbocycles. The van der Waals surface area contributed by atoms with Crippen LogP contribution < -0.4 is 15.0 Å². The topological polar surface area (TPSA) is 58.6 Å². The van der Waals surface area contributed by atoms with Gasteiger partial charge in [0.1, 0.15) is 11.4 Å². The maximum Gasteiger partial charge on any atom is 0.282 e. The highest BCUT2D eigenvalue weighted by Crippen LogP contribution is 2.35. The molecule has 4 rings (SSSR count). The van der Waals surface area contributed by atoms with Gasteiger partial charge in [0, 0.05) is 11.8 Å². The van der Waals surface area contributed by atoms with Crippen LogP contribution in [0, 0.1) is 25.5 Å². The van der Waals surface area contributed by atoms with Crippen LogP contribution in [0.3, 0.4) is 0 Å². The number of methoxy groups -OCH3 is 1. The summed E-state index contributed by atoms with van der Waals surface area (Å²) in [6.07, 6.45) is 0. The molecular formula is C25H20F2N2O3. The van der Waals surface area contributed by atoms with Gasteiger partial charge in [-0.15, -0.1) is 0 Å². The van der Waals surface area contributed by atoms with Gasteiger partial charge in [-0.05, 0) is 66.9 Å². The summed E-state index contributed by atoms with van der Waals surface area (Å²) in [4.78, 5) is 27.9. The molecule has 0 spiro atoms. The number of nitrogens with one attached hydrogen (secondary N) is 1. The fourth-order valence-corrected chi connectivity index (χ4v) is 3.70. The smallest absolute Gasteiger partial charge is 0.282 e. The van der Waals surface area contributed by atoms with Gasteiger partial charge < -0.3 is 10.1 Å². The number of carbonyl (C=O) groups excluding carboxylic acids is 2. The van der Waals surface area contributed by atoms with Crippen LogP contribution in [0.25, 0.3) is 5.57 Å². The van der Waals surface area contributed by atoms with Crippen molar-refractivity contribution in [2.24, 2.45) is 0 Å². The van der Waals surface area contributed by atoms with Crippen LogP contribution in [-0.4, -0.2) is 18.9 Å². The van der Waals surface area contributed by atoms with Crippen LogP contribution >= 0.6 is 0 Å². The summed E-state index contributed by atoms with van der Waals surface area (Å²) in [5.41, 5.74) is 2.97. The number of benzene rings is 3. The van der Waals surface area contributed by atoms with E-state index in [1.807, 2.05) is 19.9 Å². The largest absolute Gasteiger partial charge is 0.497 e. The minimum Gasteiger partial charge on any atom is -0.497 e. The molecule has 3 aromatic rings. The Morgan fingerprint density at radius 1 is 0.812 bits per heavy atom. The van der Waals surface area contributed by atoms with Crippen molar-refractivity contribution in [2.45, 2.75) is 13.8 Å². The first-order chi connectivity index (χ1) is 15.3. The molecule has 1 aliphatic rings. The van der Waals surface area contributed by atoms with E-state index in [1.165, 1.54) is 13.2 Å². The number of nitrogens with zero attached hydrogens (tertiary/aromatic N) is 1. The van der Waals surface area contributed by atoms with Gasteiger partial charge in [-0.2, -0.15) is 0 Å². The van der Waals surface area contributed by atoms with Crippen LogP contribution in [0.5, 0.6) is 5.75 Å². The zero-order valence-electron chi connectivity index (χ0n) is 17.7. The molecule has 0 aliphatic carbocycles. The van der Waals surface area contributed by atoms with Crippen molar-refractivity contribution < 1.29 is 23.1 Å². The molecule has 7 heteroatoms. The lowest BCUT2D eigenvalue weighted by Crippen LogP contribution is -2.32. The molecule has 1 heterocycles. The summed E-state index contributed by atoms with van der Waals surface area (Å²) >= 11 is 0. The number of anilines is 2. The highest BCUT2D eigenvalue weighted by molar-refractivity contribution is 6.46. The van der Waals surface area contributed by atoms with Crippen LogP contribution in [0.2, 0.25) is 0 Å². The Morgan fingerprint density at radius 2 is 1.47 bits per heavy atom. The number of ether oxygens (including phenoxy) is 1. The van der Waals surface area contributed by atoms with E-state index in [1.54, 1.807) is 36.4 Å².